The number of hydrogen-bond acceptors (Lipinski definition) is 4. The van der Waals surface area contributed by atoms with Gasteiger partial charge in [-0.2, -0.15) is 0 Å². The zero-order valence-corrected chi connectivity index (χ0v) is 6.10. The standard InChI is InChI=1S/C7H7NO4/c9-6-2-1-3-8-5(6)4-12-7(10)11/h1-3,9H,4H2,(H,10,11). The molecular formula is C7H7NO4. The average Bonchev–Trinajstić information content (AvgIpc) is 2.03. The van der Waals surface area contributed by atoms with Crippen molar-refractivity contribution in [3.63, 3.8) is 0 Å². The van der Waals surface area contributed by atoms with Crippen LogP contribution in [0, 0.1) is 0 Å². The van der Waals surface area contributed by atoms with Gasteiger partial charge >= 0.3 is 6.16 Å². The number of nitrogens with zero attached hydrogens (tertiary/aromatic N) is 1. The molecule has 5 heteroatoms. The summed E-state index contributed by atoms with van der Waals surface area (Å²) in [4.78, 5) is 13.7. The van der Waals surface area contributed by atoms with Gasteiger partial charge in [-0.25, -0.2) is 4.79 Å². The van der Waals surface area contributed by atoms with E-state index in [1.807, 2.05) is 0 Å². The van der Waals surface area contributed by atoms with Gasteiger partial charge in [-0.3, -0.25) is 4.98 Å². The summed E-state index contributed by atoms with van der Waals surface area (Å²) in [6.07, 6.45) is 0.0559. The Bertz CT molecular complexity index is 286. The molecule has 0 fully saturated rings. The maximum absolute atomic E-state index is 9.95. The lowest BCUT2D eigenvalue weighted by molar-refractivity contribution is 0.0836. The van der Waals surface area contributed by atoms with Gasteiger partial charge in [-0.05, 0) is 12.1 Å². The summed E-state index contributed by atoms with van der Waals surface area (Å²) in [5.74, 6) is -0.0706. The summed E-state index contributed by atoms with van der Waals surface area (Å²) in [6.45, 7) is -0.234. The van der Waals surface area contributed by atoms with Crippen LogP contribution in [0.3, 0.4) is 0 Å². The van der Waals surface area contributed by atoms with Crippen molar-refractivity contribution in [3.8, 4) is 5.75 Å². The molecule has 1 aromatic heterocycles. The summed E-state index contributed by atoms with van der Waals surface area (Å²) in [5, 5.41) is 17.2. The van der Waals surface area contributed by atoms with Crippen LogP contribution in [0.25, 0.3) is 0 Å². The molecule has 0 aliphatic heterocycles. The van der Waals surface area contributed by atoms with Gasteiger partial charge in [0.15, 0.2) is 0 Å². The Kier molecular flexibility index (Phi) is 2.47. The molecule has 0 aliphatic rings. The van der Waals surface area contributed by atoms with Gasteiger partial charge in [0.1, 0.15) is 18.1 Å². The van der Waals surface area contributed by atoms with E-state index in [4.69, 9.17) is 10.2 Å². The van der Waals surface area contributed by atoms with E-state index in [1.54, 1.807) is 6.07 Å². The molecule has 2 N–H and O–H groups in total. The van der Waals surface area contributed by atoms with Crippen LogP contribution >= 0.6 is 0 Å². The molecular weight excluding hydrogens is 162 g/mol. The first-order valence-corrected chi connectivity index (χ1v) is 3.18. The highest BCUT2D eigenvalue weighted by molar-refractivity contribution is 5.56. The van der Waals surface area contributed by atoms with E-state index in [1.165, 1.54) is 12.3 Å². The Morgan fingerprint density at radius 3 is 3.00 bits per heavy atom. The number of aromatic hydroxyl groups is 1. The molecule has 1 aromatic rings. The van der Waals surface area contributed by atoms with Crippen LogP contribution in [0.15, 0.2) is 18.3 Å². The van der Waals surface area contributed by atoms with Crippen molar-refractivity contribution in [2.75, 3.05) is 0 Å². The predicted octanol–water partition coefficient (Wildman–Crippen LogP) is 0.982. The van der Waals surface area contributed by atoms with E-state index in [9.17, 15) is 4.79 Å². The summed E-state index contributed by atoms with van der Waals surface area (Å²) in [5.41, 5.74) is 0.208. The van der Waals surface area contributed by atoms with Gasteiger partial charge in [-0.1, -0.05) is 0 Å². The van der Waals surface area contributed by atoms with Crippen LogP contribution < -0.4 is 0 Å². The first-order chi connectivity index (χ1) is 5.70. The van der Waals surface area contributed by atoms with Crippen LogP contribution in [0.2, 0.25) is 0 Å². The Balaban J connectivity index is 2.63. The number of pyridine rings is 1. The molecule has 64 valence electrons. The fraction of sp³-hybridized carbons (Fsp3) is 0.143. The van der Waals surface area contributed by atoms with Crippen LogP contribution in [0.5, 0.6) is 5.75 Å². The van der Waals surface area contributed by atoms with E-state index in [0.717, 1.165) is 0 Å². The van der Waals surface area contributed by atoms with Crippen molar-refractivity contribution < 1.29 is 19.7 Å². The summed E-state index contributed by atoms with van der Waals surface area (Å²) in [6, 6.07) is 2.95. The quantitative estimate of drug-likeness (QED) is 0.645. The van der Waals surface area contributed by atoms with E-state index < -0.39 is 6.16 Å². The van der Waals surface area contributed by atoms with Gasteiger partial charge in [0.05, 0.1) is 0 Å². The lowest BCUT2D eigenvalue weighted by atomic mass is 10.3. The lowest BCUT2D eigenvalue weighted by Gasteiger charge is -2.00. The number of hydrogen-bond donors (Lipinski definition) is 2. The van der Waals surface area contributed by atoms with Crippen molar-refractivity contribution in [2.45, 2.75) is 6.61 Å². The van der Waals surface area contributed by atoms with Gasteiger partial charge in [0, 0.05) is 6.20 Å². The molecule has 12 heavy (non-hydrogen) atoms. The third-order valence-electron chi connectivity index (χ3n) is 1.20. The van der Waals surface area contributed by atoms with E-state index in [-0.39, 0.29) is 18.1 Å². The topological polar surface area (TPSA) is 79.7 Å². The molecule has 0 amide bonds. The SMILES string of the molecule is O=C(O)OCc1ncccc1O. The highest BCUT2D eigenvalue weighted by atomic mass is 16.7. The Labute approximate surface area is 68.2 Å². The lowest BCUT2D eigenvalue weighted by Crippen LogP contribution is -2.01. The molecule has 5 nitrogen and oxygen atoms in total. The Morgan fingerprint density at radius 2 is 2.42 bits per heavy atom. The minimum absolute atomic E-state index is 0.0706. The molecule has 0 atom stereocenters. The minimum atomic E-state index is -1.39. The maximum atomic E-state index is 9.95. The van der Waals surface area contributed by atoms with Crippen LogP contribution in [0.1, 0.15) is 5.69 Å². The molecule has 0 radical (unpaired) electrons. The first-order valence-electron chi connectivity index (χ1n) is 3.18. The summed E-state index contributed by atoms with van der Waals surface area (Å²) in [7, 11) is 0. The zero-order chi connectivity index (χ0) is 8.97. The van der Waals surface area contributed by atoms with Gasteiger partial charge in [0.25, 0.3) is 0 Å². The van der Waals surface area contributed by atoms with Gasteiger partial charge in [0.2, 0.25) is 0 Å². The highest BCUT2D eigenvalue weighted by Crippen LogP contribution is 2.12. The normalized spacial score (nSPS) is 9.33. The number of carboxylic acid groups (broad SMARTS) is 1. The van der Waals surface area contributed by atoms with E-state index in [0.29, 0.717) is 0 Å². The third kappa shape index (κ3) is 2.12. The zero-order valence-electron chi connectivity index (χ0n) is 6.10. The summed E-state index contributed by atoms with van der Waals surface area (Å²) < 4.78 is 4.20. The van der Waals surface area contributed by atoms with Crippen LogP contribution in [0.4, 0.5) is 4.79 Å². The van der Waals surface area contributed by atoms with Crippen molar-refractivity contribution in [1.82, 2.24) is 4.98 Å². The molecule has 0 saturated heterocycles. The highest BCUT2D eigenvalue weighted by Gasteiger charge is 2.03. The fourth-order valence-corrected chi connectivity index (χ4v) is 0.671. The van der Waals surface area contributed by atoms with Crippen LogP contribution in [-0.2, 0) is 11.3 Å². The second kappa shape index (κ2) is 3.56. The molecule has 0 unspecified atom stereocenters. The van der Waals surface area contributed by atoms with Crippen molar-refractivity contribution in [3.05, 3.63) is 24.0 Å². The second-order valence-electron chi connectivity index (χ2n) is 2.02. The van der Waals surface area contributed by atoms with Crippen molar-refractivity contribution in [2.24, 2.45) is 0 Å². The number of ether oxygens (including phenoxy) is 1. The molecule has 0 aliphatic carbocycles. The number of rotatable bonds is 2. The molecule has 0 bridgehead atoms. The smallest absolute Gasteiger partial charge is 0.506 e. The maximum Gasteiger partial charge on any atom is 0.506 e. The molecule has 0 saturated carbocycles. The first kappa shape index (κ1) is 8.32. The summed E-state index contributed by atoms with van der Waals surface area (Å²) >= 11 is 0. The van der Waals surface area contributed by atoms with Crippen molar-refractivity contribution in [1.29, 1.82) is 0 Å². The van der Waals surface area contributed by atoms with E-state index in [2.05, 4.69) is 9.72 Å². The van der Waals surface area contributed by atoms with Crippen molar-refractivity contribution >= 4 is 6.16 Å². The van der Waals surface area contributed by atoms with Gasteiger partial charge < -0.3 is 14.9 Å². The second-order valence-corrected chi connectivity index (χ2v) is 2.02. The minimum Gasteiger partial charge on any atom is -0.506 e. The Hall–Kier alpha value is -1.78. The Morgan fingerprint density at radius 1 is 1.67 bits per heavy atom. The fourth-order valence-electron chi connectivity index (χ4n) is 0.671. The molecule has 0 spiro atoms. The largest absolute Gasteiger partial charge is 0.506 e. The number of aromatic nitrogens is 1. The molecule has 1 heterocycles. The average molecular weight is 169 g/mol. The third-order valence-corrected chi connectivity index (χ3v) is 1.20. The van der Waals surface area contributed by atoms with Crippen LogP contribution in [-0.4, -0.2) is 21.4 Å². The monoisotopic (exact) mass is 169 g/mol. The van der Waals surface area contributed by atoms with E-state index >= 15 is 0 Å². The van der Waals surface area contributed by atoms with Gasteiger partial charge in [-0.15, -0.1) is 0 Å². The predicted molar refractivity (Wildman–Crippen MR) is 38.7 cm³/mol. The number of carbonyl (C=O) groups is 1. The molecule has 0 aromatic carbocycles. The molecule has 1 rings (SSSR count).